The first-order valence-corrected chi connectivity index (χ1v) is 6.61. The average molecular weight is 311 g/mol. The number of halogens is 3. The summed E-state index contributed by atoms with van der Waals surface area (Å²) in [6.45, 7) is 0. The molecule has 0 aliphatic carbocycles. The lowest BCUT2D eigenvalue weighted by molar-refractivity contribution is -0.140. The summed E-state index contributed by atoms with van der Waals surface area (Å²) in [5.74, 6) is 0. The zero-order valence-corrected chi connectivity index (χ0v) is 11.2. The molecule has 0 saturated heterocycles. The lowest BCUT2D eigenvalue weighted by Crippen LogP contribution is -2.07. The Morgan fingerprint density at radius 2 is 2.00 bits per heavy atom. The van der Waals surface area contributed by atoms with E-state index in [2.05, 4.69) is 9.97 Å². The molecule has 108 valence electrons. The minimum Gasteiger partial charge on any atom is -0.431 e. The Bertz CT molecular complexity index is 801. The first-order valence-electron chi connectivity index (χ1n) is 5.79. The van der Waals surface area contributed by atoms with Gasteiger partial charge >= 0.3 is 6.18 Å². The van der Waals surface area contributed by atoms with E-state index in [1.165, 1.54) is 12.3 Å². The first-order chi connectivity index (χ1) is 9.93. The molecular weight excluding hydrogens is 303 g/mol. The van der Waals surface area contributed by atoms with E-state index in [4.69, 9.17) is 10.2 Å². The van der Waals surface area contributed by atoms with Crippen LogP contribution in [0.1, 0.15) is 5.56 Å². The highest BCUT2D eigenvalue weighted by Gasteiger charge is 2.34. The van der Waals surface area contributed by atoms with Crippen molar-refractivity contribution in [1.29, 1.82) is 0 Å². The van der Waals surface area contributed by atoms with Crippen molar-refractivity contribution >= 4 is 28.5 Å². The number of nitrogens with zero attached hydrogens (tertiary/aromatic N) is 2. The van der Waals surface area contributed by atoms with E-state index < -0.39 is 11.7 Å². The predicted molar refractivity (Wildman–Crippen MR) is 71.8 cm³/mol. The largest absolute Gasteiger partial charge is 0.431 e. The summed E-state index contributed by atoms with van der Waals surface area (Å²) in [5.41, 5.74) is 6.22. The van der Waals surface area contributed by atoms with Crippen LogP contribution in [0.4, 0.5) is 18.9 Å². The normalized spacial score (nSPS) is 12.0. The molecule has 0 amide bonds. The standard InChI is InChI=1S/C13H8F3N3OS/c14-13(15,16)8-2-1-5-18-11(8)21-12-19-9-4-3-7(17)6-10(9)20-12/h1-6H,17H2. The van der Waals surface area contributed by atoms with Crippen LogP contribution >= 0.6 is 11.8 Å². The smallest absolute Gasteiger partial charge is 0.419 e. The molecule has 0 radical (unpaired) electrons. The third-order valence-corrected chi connectivity index (χ3v) is 3.52. The van der Waals surface area contributed by atoms with E-state index in [1.54, 1.807) is 18.2 Å². The van der Waals surface area contributed by atoms with Crippen LogP contribution in [0.15, 0.2) is 51.2 Å². The fraction of sp³-hybridized carbons (Fsp3) is 0.0769. The second-order valence-corrected chi connectivity index (χ2v) is 5.10. The van der Waals surface area contributed by atoms with Gasteiger partial charge in [0.25, 0.3) is 5.22 Å². The number of nitrogens with two attached hydrogens (primary N) is 1. The number of hydrogen-bond donors (Lipinski definition) is 1. The summed E-state index contributed by atoms with van der Waals surface area (Å²) in [4.78, 5) is 7.85. The zero-order valence-electron chi connectivity index (χ0n) is 10.4. The van der Waals surface area contributed by atoms with Gasteiger partial charge in [0.1, 0.15) is 10.5 Å². The molecule has 21 heavy (non-hydrogen) atoms. The molecule has 2 aromatic heterocycles. The molecule has 4 nitrogen and oxygen atoms in total. The molecule has 0 aliphatic heterocycles. The Kier molecular flexibility index (Phi) is 3.25. The lowest BCUT2D eigenvalue weighted by Gasteiger charge is -2.09. The summed E-state index contributed by atoms with van der Waals surface area (Å²) in [6.07, 6.45) is -3.19. The number of nitrogen functional groups attached to an aromatic ring is 1. The highest BCUT2D eigenvalue weighted by Crippen LogP contribution is 2.38. The monoisotopic (exact) mass is 311 g/mol. The van der Waals surface area contributed by atoms with Crippen LogP contribution in [-0.4, -0.2) is 9.97 Å². The van der Waals surface area contributed by atoms with Crippen LogP contribution in [0.2, 0.25) is 0 Å². The van der Waals surface area contributed by atoms with Crippen molar-refractivity contribution in [2.75, 3.05) is 5.73 Å². The molecule has 0 fully saturated rings. The maximum atomic E-state index is 12.9. The van der Waals surface area contributed by atoms with Crippen LogP contribution in [0.25, 0.3) is 11.1 Å². The Hall–Kier alpha value is -2.22. The van der Waals surface area contributed by atoms with Gasteiger partial charge in [0, 0.05) is 18.0 Å². The molecule has 2 N–H and O–H groups in total. The van der Waals surface area contributed by atoms with Crippen molar-refractivity contribution in [2.24, 2.45) is 0 Å². The molecular formula is C13H8F3N3OS. The molecule has 0 bridgehead atoms. The van der Waals surface area contributed by atoms with E-state index in [1.807, 2.05) is 0 Å². The number of aromatic nitrogens is 2. The van der Waals surface area contributed by atoms with Crippen molar-refractivity contribution in [2.45, 2.75) is 16.4 Å². The number of pyridine rings is 1. The van der Waals surface area contributed by atoms with Crippen molar-refractivity contribution in [3.05, 3.63) is 42.1 Å². The van der Waals surface area contributed by atoms with E-state index in [-0.39, 0.29) is 10.2 Å². The second-order valence-electron chi connectivity index (χ2n) is 4.16. The third kappa shape index (κ3) is 2.80. The number of oxazole rings is 1. The van der Waals surface area contributed by atoms with Gasteiger partial charge in [0.15, 0.2) is 5.58 Å². The summed E-state index contributed by atoms with van der Waals surface area (Å²) < 4.78 is 44.0. The van der Waals surface area contributed by atoms with E-state index in [0.29, 0.717) is 16.8 Å². The van der Waals surface area contributed by atoms with Gasteiger partial charge in [0.2, 0.25) is 0 Å². The molecule has 1 aromatic carbocycles. The van der Waals surface area contributed by atoms with Crippen molar-refractivity contribution in [3.63, 3.8) is 0 Å². The van der Waals surface area contributed by atoms with E-state index >= 15 is 0 Å². The molecule has 0 unspecified atom stereocenters. The van der Waals surface area contributed by atoms with Gasteiger partial charge in [-0.05, 0) is 36.0 Å². The van der Waals surface area contributed by atoms with Gasteiger partial charge in [-0.25, -0.2) is 9.97 Å². The van der Waals surface area contributed by atoms with Crippen LogP contribution in [-0.2, 0) is 6.18 Å². The number of fused-ring (bicyclic) bond motifs is 1. The maximum absolute atomic E-state index is 12.9. The fourth-order valence-electron chi connectivity index (χ4n) is 1.73. The van der Waals surface area contributed by atoms with Crippen LogP contribution in [0.5, 0.6) is 0 Å². The molecule has 8 heteroatoms. The Morgan fingerprint density at radius 3 is 2.76 bits per heavy atom. The van der Waals surface area contributed by atoms with Gasteiger partial charge in [-0.2, -0.15) is 13.2 Å². The lowest BCUT2D eigenvalue weighted by atomic mass is 10.3. The molecule has 2 heterocycles. The van der Waals surface area contributed by atoms with Gasteiger partial charge in [-0.1, -0.05) is 0 Å². The van der Waals surface area contributed by atoms with Crippen LogP contribution in [0.3, 0.4) is 0 Å². The maximum Gasteiger partial charge on any atom is 0.419 e. The van der Waals surface area contributed by atoms with E-state index in [0.717, 1.165) is 17.8 Å². The molecule has 3 rings (SSSR count). The summed E-state index contributed by atoms with van der Waals surface area (Å²) >= 11 is 0.723. The number of benzene rings is 1. The fourth-order valence-corrected chi connectivity index (χ4v) is 2.58. The predicted octanol–water partition coefficient (Wildman–Crippen LogP) is 3.98. The van der Waals surface area contributed by atoms with Gasteiger partial charge in [-0.15, -0.1) is 0 Å². The highest BCUT2D eigenvalue weighted by molar-refractivity contribution is 7.99. The van der Waals surface area contributed by atoms with Crippen LogP contribution in [0, 0.1) is 0 Å². The number of alkyl halides is 3. The zero-order chi connectivity index (χ0) is 15.0. The number of hydrogen-bond acceptors (Lipinski definition) is 5. The second kappa shape index (κ2) is 4.96. The first kappa shape index (κ1) is 13.7. The van der Waals surface area contributed by atoms with Crippen molar-refractivity contribution in [1.82, 2.24) is 9.97 Å². The SMILES string of the molecule is Nc1ccc2nc(Sc3ncccc3C(F)(F)F)oc2c1. The highest BCUT2D eigenvalue weighted by atomic mass is 32.2. The molecule has 0 atom stereocenters. The van der Waals surface area contributed by atoms with E-state index in [9.17, 15) is 13.2 Å². The molecule has 0 aliphatic rings. The Morgan fingerprint density at radius 1 is 1.19 bits per heavy atom. The summed E-state index contributed by atoms with van der Waals surface area (Å²) in [5, 5.41) is -0.121. The number of anilines is 1. The van der Waals surface area contributed by atoms with Crippen molar-refractivity contribution < 1.29 is 17.6 Å². The van der Waals surface area contributed by atoms with Gasteiger partial charge in [-0.3, -0.25) is 0 Å². The minimum atomic E-state index is -4.48. The topological polar surface area (TPSA) is 64.9 Å². The summed E-state index contributed by atoms with van der Waals surface area (Å²) in [7, 11) is 0. The van der Waals surface area contributed by atoms with Gasteiger partial charge < -0.3 is 10.2 Å². The Labute approximate surface area is 121 Å². The quantitative estimate of drug-likeness (QED) is 0.725. The average Bonchev–Trinajstić information content (AvgIpc) is 2.79. The summed E-state index contributed by atoms with van der Waals surface area (Å²) in [6, 6.07) is 7.05. The van der Waals surface area contributed by atoms with Crippen molar-refractivity contribution in [3.8, 4) is 0 Å². The third-order valence-electron chi connectivity index (χ3n) is 2.65. The molecule has 3 aromatic rings. The Balaban J connectivity index is 1.99. The minimum absolute atomic E-state index is 0.0831. The molecule has 0 saturated carbocycles. The molecule has 0 spiro atoms. The van der Waals surface area contributed by atoms with Crippen LogP contribution < -0.4 is 5.73 Å². The number of rotatable bonds is 2. The van der Waals surface area contributed by atoms with Gasteiger partial charge in [0.05, 0.1) is 5.56 Å².